The molecule has 0 aliphatic carbocycles. The van der Waals surface area contributed by atoms with E-state index in [1.54, 1.807) is 3.96 Å². The fraction of sp³-hybridized carbons (Fsp3) is 0.571. The largest absolute Gasteiger partial charge is 0.390 e. The van der Waals surface area contributed by atoms with Gasteiger partial charge in [-0.2, -0.15) is 0 Å². The Morgan fingerprint density at radius 2 is 2.15 bits per heavy atom. The Morgan fingerprint density at radius 3 is 2.80 bits per heavy atom. The molecule has 2 N–H and O–H groups in total. The third-order valence-electron chi connectivity index (χ3n) is 3.09. The molecule has 2 aromatic heterocycles. The van der Waals surface area contributed by atoms with Crippen molar-refractivity contribution in [2.75, 3.05) is 6.54 Å². The summed E-state index contributed by atoms with van der Waals surface area (Å²) in [7, 11) is 0. The Morgan fingerprint density at radius 1 is 1.45 bits per heavy atom. The standard InChI is InChI=1S/C14H21N3O2S/c1-8(2)15-6-11(18)7-17-14(19)12-9(3)5-10(4)16-13(12)20-17/h5,8,11,15,18H,6-7H2,1-4H3. The van der Waals surface area contributed by atoms with Gasteiger partial charge in [0.25, 0.3) is 5.56 Å². The predicted molar refractivity (Wildman–Crippen MR) is 82.5 cm³/mol. The van der Waals surface area contributed by atoms with Crippen molar-refractivity contribution in [3.05, 3.63) is 27.7 Å². The van der Waals surface area contributed by atoms with E-state index in [2.05, 4.69) is 10.3 Å². The number of aromatic nitrogens is 2. The molecule has 1 unspecified atom stereocenters. The van der Waals surface area contributed by atoms with Crippen LogP contribution in [0.1, 0.15) is 25.1 Å². The predicted octanol–water partition coefficient (Wildman–Crippen LogP) is 1.43. The second kappa shape index (κ2) is 6.03. The number of rotatable bonds is 5. The molecule has 20 heavy (non-hydrogen) atoms. The maximum atomic E-state index is 12.3. The molecule has 0 radical (unpaired) electrons. The topological polar surface area (TPSA) is 67.2 Å². The van der Waals surface area contributed by atoms with Crippen molar-refractivity contribution in [3.63, 3.8) is 0 Å². The number of aliphatic hydroxyl groups is 1. The molecule has 5 nitrogen and oxygen atoms in total. The highest BCUT2D eigenvalue weighted by atomic mass is 32.1. The first-order chi connectivity index (χ1) is 9.38. The van der Waals surface area contributed by atoms with Crippen LogP contribution in [0, 0.1) is 13.8 Å². The average molecular weight is 295 g/mol. The molecule has 0 bridgehead atoms. The summed E-state index contributed by atoms with van der Waals surface area (Å²) in [6.45, 7) is 8.67. The van der Waals surface area contributed by atoms with E-state index in [1.807, 2.05) is 33.8 Å². The zero-order valence-electron chi connectivity index (χ0n) is 12.3. The first kappa shape index (κ1) is 15.2. The number of hydrogen-bond donors (Lipinski definition) is 2. The monoisotopic (exact) mass is 295 g/mol. The van der Waals surface area contributed by atoms with Gasteiger partial charge < -0.3 is 10.4 Å². The highest BCUT2D eigenvalue weighted by Gasteiger charge is 2.14. The molecule has 0 aliphatic heterocycles. The summed E-state index contributed by atoms with van der Waals surface area (Å²) in [5.74, 6) is 0. The van der Waals surface area contributed by atoms with E-state index >= 15 is 0 Å². The van der Waals surface area contributed by atoms with Crippen LogP contribution in [0.2, 0.25) is 0 Å². The summed E-state index contributed by atoms with van der Waals surface area (Å²) >= 11 is 1.32. The molecule has 0 fully saturated rings. The molecule has 0 spiro atoms. The number of pyridine rings is 1. The molecule has 110 valence electrons. The van der Waals surface area contributed by atoms with Gasteiger partial charge in [-0.1, -0.05) is 13.8 Å². The van der Waals surface area contributed by atoms with E-state index in [0.29, 0.717) is 24.5 Å². The summed E-state index contributed by atoms with van der Waals surface area (Å²) in [4.78, 5) is 17.5. The van der Waals surface area contributed by atoms with Crippen LogP contribution < -0.4 is 10.9 Å². The van der Waals surface area contributed by atoms with Crippen molar-refractivity contribution >= 4 is 21.7 Å². The SMILES string of the molecule is Cc1cc(C)c2c(=O)n(CC(O)CNC(C)C)sc2n1. The molecule has 2 aromatic rings. The third-order valence-corrected chi connectivity index (χ3v) is 4.09. The van der Waals surface area contributed by atoms with E-state index in [4.69, 9.17) is 0 Å². The van der Waals surface area contributed by atoms with Gasteiger partial charge in [0.2, 0.25) is 0 Å². The normalized spacial score (nSPS) is 13.3. The first-order valence-corrected chi connectivity index (χ1v) is 7.55. The molecule has 2 rings (SSSR count). The van der Waals surface area contributed by atoms with Gasteiger partial charge in [-0.3, -0.25) is 8.75 Å². The smallest absolute Gasteiger partial charge is 0.270 e. The van der Waals surface area contributed by atoms with Crippen molar-refractivity contribution in [2.24, 2.45) is 0 Å². The molecule has 0 aliphatic rings. The molecule has 0 saturated heterocycles. The fourth-order valence-electron chi connectivity index (χ4n) is 2.15. The lowest BCUT2D eigenvalue weighted by Gasteiger charge is -2.13. The molecule has 6 heteroatoms. The van der Waals surface area contributed by atoms with Crippen molar-refractivity contribution in [2.45, 2.75) is 46.4 Å². The highest BCUT2D eigenvalue weighted by molar-refractivity contribution is 7.13. The second-order valence-corrected chi connectivity index (χ2v) is 6.45. The van der Waals surface area contributed by atoms with Crippen LogP contribution >= 0.6 is 11.5 Å². The fourth-order valence-corrected chi connectivity index (χ4v) is 3.30. The lowest BCUT2D eigenvalue weighted by atomic mass is 10.2. The Kier molecular flexibility index (Phi) is 4.57. The van der Waals surface area contributed by atoms with Crippen LogP contribution in [-0.4, -0.2) is 32.7 Å². The zero-order valence-corrected chi connectivity index (χ0v) is 13.1. The summed E-state index contributed by atoms with van der Waals surface area (Å²) in [6.07, 6.45) is -0.579. The van der Waals surface area contributed by atoms with Crippen molar-refractivity contribution < 1.29 is 5.11 Å². The number of hydrogen-bond acceptors (Lipinski definition) is 5. The van der Waals surface area contributed by atoms with Crippen LogP contribution in [0.25, 0.3) is 10.2 Å². The summed E-state index contributed by atoms with van der Waals surface area (Å²) < 4.78 is 1.59. The van der Waals surface area contributed by atoms with Crippen molar-refractivity contribution in [3.8, 4) is 0 Å². The van der Waals surface area contributed by atoms with Gasteiger partial charge in [0.1, 0.15) is 4.83 Å². The minimum absolute atomic E-state index is 0.0569. The van der Waals surface area contributed by atoms with Crippen molar-refractivity contribution in [1.82, 2.24) is 14.3 Å². The molecular formula is C14H21N3O2S. The molecule has 2 heterocycles. The number of fused-ring (bicyclic) bond motifs is 1. The quantitative estimate of drug-likeness (QED) is 0.876. The van der Waals surface area contributed by atoms with Crippen molar-refractivity contribution in [1.29, 1.82) is 0 Å². The van der Waals surface area contributed by atoms with Gasteiger partial charge in [-0.15, -0.1) is 0 Å². The Hall–Kier alpha value is -1.24. The molecule has 0 aromatic carbocycles. The van der Waals surface area contributed by atoms with Gasteiger partial charge >= 0.3 is 0 Å². The molecule has 0 amide bonds. The molecule has 1 atom stereocenters. The highest BCUT2D eigenvalue weighted by Crippen LogP contribution is 2.19. The Bertz CT molecular complexity index is 660. The maximum absolute atomic E-state index is 12.3. The Balaban J connectivity index is 2.25. The number of nitrogens with zero attached hydrogens (tertiary/aromatic N) is 2. The number of aryl methyl sites for hydroxylation is 2. The van der Waals surface area contributed by atoms with Crippen LogP contribution in [0.3, 0.4) is 0 Å². The van der Waals surface area contributed by atoms with E-state index in [9.17, 15) is 9.90 Å². The van der Waals surface area contributed by atoms with Gasteiger partial charge in [0.05, 0.1) is 18.0 Å². The van der Waals surface area contributed by atoms with Crippen LogP contribution in [0.5, 0.6) is 0 Å². The van der Waals surface area contributed by atoms with Gasteiger partial charge in [-0.25, -0.2) is 4.98 Å². The lowest BCUT2D eigenvalue weighted by Crippen LogP contribution is -2.35. The minimum atomic E-state index is -0.579. The molecule has 0 saturated carbocycles. The van der Waals surface area contributed by atoms with Gasteiger partial charge in [-0.05, 0) is 37.0 Å². The van der Waals surface area contributed by atoms with Gasteiger partial charge in [0, 0.05) is 18.3 Å². The minimum Gasteiger partial charge on any atom is -0.390 e. The summed E-state index contributed by atoms with van der Waals surface area (Å²) in [6, 6.07) is 2.23. The zero-order chi connectivity index (χ0) is 14.9. The average Bonchev–Trinajstić information content (AvgIpc) is 2.63. The maximum Gasteiger partial charge on any atom is 0.270 e. The number of nitrogens with one attached hydrogen (secondary N) is 1. The Labute approximate surface area is 122 Å². The van der Waals surface area contributed by atoms with Gasteiger partial charge in [0.15, 0.2) is 0 Å². The summed E-state index contributed by atoms with van der Waals surface area (Å²) in [5.41, 5.74) is 1.80. The number of aliphatic hydroxyl groups excluding tert-OH is 1. The van der Waals surface area contributed by atoms with Crippen LogP contribution in [-0.2, 0) is 6.54 Å². The van der Waals surface area contributed by atoms with E-state index in [1.165, 1.54) is 11.5 Å². The van der Waals surface area contributed by atoms with E-state index < -0.39 is 6.10 Å². The van der Waals surface area contributed by atoms with E-state index in [-0.39, 0.29) is 5.56 Å². The van der Waals surface area contributed by atoms with Crippen LogP contribution in [0.4, 0.5) is 0 Å². The van der Waals surface area contributed by atoms with Crippen LogP contribution in [0.15, 0.2) is 10.9 Å². The third kappa shape index (κ3) is 3.26. The van der Waals surface area contributed by atoms with E-state index in [0.717, 1.165) is 16.1 Å². The lowest BCUT2D eigenvalue weighted by molar-refractivity contribution is 0.151. The second-order valence-electron chi connectivity index (χ2n) is 5.43. The molecular weight excluding hydrogens is 274 g/mol. The summed E-state index contributed by atoms with van der Waals surface area (Å²) in [5, 5.41) is 13.8. The first-order valence-electron chi connectivity index (χ1n) is 6.78.